The average Bonchev–Trinajstić information content (AvgIpc) is 2.66. The fraction of sp³-hybridized carbons (Fsp3) is 0.158. The minimum Gasteiger partial charge on any atom is -0.479 e. The van der Waals surface area contributed by atoms with Gasteiger partial charge in [-0.05, 0) is 48.9 Å². The number of rotatable bonds is 8. The van der Waals surface area contributed by atoms with Crippen LogP contribution >= 0.6 is 0 Å². The second-order valence-corrected chi connectivity index (χ2v) is 5.60. The molecule has 140 valence electrons. The van der Waals surface area contributed by atoms with Crippen LogP contribution in [-0.2, 0) is 4.79 Å². The number of nitro groups is 1. The highest BCUT2D eigenvalue weighted by Crippen LogP contribution is 2.25. The van der Waals surface area contributed by atoms with E-state index in [9.17, 15) is 19.7 Å². The summed E-state index contributed by atoms with van der Waals surface area (Å²) in [5.41, 5.74) is 1.20. The van der Waals surface area contributed by atoms with E-state index in [1.165, 1.54) is 49.4 Å². The van der Waals surface area contributed by atoms with Crippen molar-refractivity contribution in [1.29, 1.82) is 0 Å². The SMILES string of the molecule is CNc1ccc(/C=C/C(=O)c2ccc(OC(C)C(=O)O)cc2)cc1[N+](=O)[O-]. The highest BCUT2D eigenvalue weighted by molar-refractivity contribution is 6.06. The van der Waals surface area contributed by atoms with Crippen LogP contribution in [0.1, 0.15) is 22.8 Å². The van der Waals surface area contributed by atoms with Crippen LogP contribution < -0.4 is 10.1 Å². The van der Waals surface area contributed by atoms with Gasteiger partial charge in [0.2, 0.25) is 0 Å². The number of nitro benzene ring substituents is 1. The first kappa shape index (κ1) is 19.6. The topological polar surface area (TPSA) is 119 Å². The van der Waals surface area contributed by atoms with Crippen LogP contribution in [0, 0.1) is 10.1 Å². The van der Waals surface area contributed by atoms with Crippen molar-refractivity contribution in [2.45, 2.75) is 13.0 Å². The van der Waals surface area contributed by atoms with E-state index in [-0.39, 0.29) is 11.5 Å². The van der Waals surface area contributed by atoms with Gasteiger partial charge in [-0.3, -0.25) is 14.9 Å². The largest absolute Gasteiger partial charge is 0.479 e. The van der Waals surface area contributed by atoms with Gasteiger partial charge in [0.1, 0.15) is 11.4 Å². The van der Waals surface area contributed by atoms with Crippen LogP contribution in [0.25, 0.3) is 6.08 Å². The first-order chi connectivity index (χ1) is 12.8. The number of carboxylic acid groups (broad SMARTS) is 1. The zero-order valence-electron chi connectivity index (χ0n) is 14.7. The van der Waals surface area contributed by atoms with Crippen molar-refractivity contribution in [2.75, 3.05) is 12.4 Å². The summed E-state index contributed by atoms with van der Waals surface area (Å²) >= 11 is 0. The molecule has 0 fully saturated rings. The van der Waals surface area contributed by atoms with Gasteiger partial charge in [0.05, 0.1) is 4.92 Å². The molecule has 0 spiro atoms. The molecule has 8 heteroatoms. The van der Waals surface area contributed by atoms with E-state index in [0.29, 0.717) is 22.6 Å². The van der Waals surface area contributed by atoms with Gasteiger partial charge in [0.25, 0.3) is 5.69 Å². The zero-order valence-corrected chi connectivity index (χ0v) is 14.7. The molecule has 27 heavy (non-hydrogen) atoms. The van der Waals surface area contributed by atoms with Crippen molar-refractivity contribution in [3.05, 3.63) is 69.8 Å². The summed E-state index contributed by atoms with van der Waals surface area (Å²) in [6, 6.07) is 10.6. The molecular weight excluding hydrogens is 352 g/mol. The minimum atomic E-state index is -1.09. The molecular formula is C19H18N2O6. The molecule has 0 aliphatic heterocycles. The Morgan fingerprint density at radius 1 is 1.22 bits per heavy atom. The molecule has 0 aliphatic carbocycles. The summed E-state index contributed by atoms with van der Waals surface area (Å²) in [7, 11) is 1.59. The molecule has 0 radical (unpaired) electrons. The lowest BCUT2D eigenvalue weighted by Gasteiger charge is -2.10. The molecule has 0 bridgehead atoms. The predicted molar refractivity (Wildman–Crippen MR) is 100 cm³/mol. The van der Waals surface area contributed by atoms with Gasteiger partial charge in [0, 0.05) is 18.7 Å². The van der Waals surface area contributed by atoms with Gasteiger partial charge in [-0.25, -0.2) is 4.79 Å². The van der Waals surface area contributed by atoms with E-state index in [0.717, 1.165) is 0 Å². The van der Waals surface area contributed by atoms with Crippen molar-refractivity contribution in [3.63, 3.8) is 0 Å². The van der Waals surface area contributed by atoms with E-state index in [2.05, 4.69) is 5.32 Å². The fourth-order valence-electron chi connectivity index (χ4n) is 2.24. The van der Waals surface area contributed by atoms with Crippen molar-refractivity contribution >= 4 is 29.2 Å². The van der Waals surface area contributed by atoms with Crippen molar-refractivity contribution in [2.24, 2.45) is 0 Å². The standard InChI is InChI=1S/C19H18N2O6/c1-12(19(23)24)27-15-7-5-14(6-8-15)18(22)10-4-13-3-9-16(20-2)17(11-13)21(25)26/h3-12,20H,1-2H3,(H,23,24)/b10-4+. The van der Waals surface area contributed by atoms with Crippen LogP contribution in [0.15, 0.2) is 48.5 Å². The van der Waals surface area contributed by atoms with Crippen LogP contribution in [0.5, 0.6) is 5.75 Å². The smallest absolute Gasteiger partial charge is 0.344 e. The van der Waals surface area contributed by atoms with E-state index in [1.807, 2.05) is 0 Å². The highest BCUT2D eigenvalue weighted by Gasteiger charge is 2.14. The van der Waals surface area contributed by atoms with Gasteiger partial charge < -0.3 is 15.2 Å². The molecule has 2 aromatic rings. The number of ether oxygens (including phenoxy) is 1. The summed E-state index contributed by atoms with van der Waals surface area (Å²) < 4.78 is 5.20. The maximum absolute atomic E-state index is 12.2. The molecule has 2 rings (SSSR count). The molecule has 0 saturated carbocycles. The van der Waals surface area contributed by atoms with Crippen molar-refractivity contribution in [1.82, 2.24) is 0 Å². The lowest BCUT2D eigenvalue weighted by Crippen LogP contribution is -2.22. The summed E-state index contributed by atoms with van der Waals surface area (Å²) in [5, 5.41) is 22.6. The van der Waals surface area contributed by atoms with Crippen molar-refractivity contribution in [3.8, 4) is 5.75 Å². The van der Waals surface area contributed by atoms with E-state index >= 15 is 0 Å². The Hall–Kier alpha value is -3.68. The molecule has 8 nitrogen and oxygen atoms in total. The number of nitrogens with one attached hydrogen (secondary N) is 1. The third-order valence-corrected chi connectivity index (χ3v) is 3.71. The maximum Gasteiger partial charge on any atom is 0.344 e. The molecule has 2 N–H and O–H groups in total. The number of hydrogen-bond donors (Lipinski definition) is 2. The predicted octanol–water partition coefficient (Wildman–Crippen LogP) is 3.38. The molecule has 1 unspecified atom stereocenters. The number of hydrogen-bond acceptors (Lipinski definition) is 6. The molecule has 0 saturated heterocycles. The monoisotopic (exact) mass is 370 g/mol. The van der Waals surface area contributed by atoms with Gasteiger partial charge in [-0.15, -0.1) is 0 Å². The van der Waals surface area contributed by atoms with E-state index in [4.69, 9.17) is 9.84 Å². The normalized spacial score (nSPS) is 11.8. The van der Waals surface area contributed by atoms with E-state index < -0.39 is 17.0 Å². The quantitative estimate of drug-likeness (QED) is 0.316. The summed E-state index contributed by atoms with van der Waals surface area (Å²) in [6.45, 7) is 1.41. The van der Waals surface area contributed by atoms with Crippen LogP contribution in [0.4, 0.5) is 11.4 Å². The maximum atomic E-state index is 12.2. The Balaban J connectivity index is 2.11. The van der Waals surface area contributed by atoms with Crippen LogP contribution in [0.3, 0.4) is 0 Å². The van der Waals surface area contributed by atoms with Gasteiger partial charge >= 0.3 is 5.97 Å². The number of carbonyl (C=O) groups excluding carboxylic acids is 1. The molecule has 0 aliphatic rings. The molecule has 0 heterocycles. The minimum absolute atomic E-state index is 0.0823. The lowest BCUT2D eigenvalue weighted by atomic mass is 10.1. The zero-order chi connectivity index (χ0) is 20.0. The molecule has 1 atom stereocenters. The lowest BCUT2D eigenvalue weighted by molar-refractivity contribution is -0.384. The second-order valence-electron chi connectivity index (χ2n) is 5.60. The Labute approximate surface area is 155 Å². The number of aliphatic carboxylic acids is 1. The summed E-state index contributed by atoms with van der Waals surface area (Å²) in [6.07, 6.45) is 1.81. The first-order valence-corrected chi connectivity index (χ1v) is 8.00. The van der Waals surface area contributed by atoms with Gasteiger partial charge in [0.15, 0.2) is 11.9 Å². The molecule has 0 amide bonds. The summed E-state index contributed by atoms with van der Waals surface area (Å²) in [4.78, 5) is 33.6. The first-order valence-electron chi connectivity index (χ1n) is 8.00. The fourth-order valence-corrected chi connectivity index (χ4v) is 2.24. The third-order valence-electron chi connectivity index (χ3n) is 3.71. The molecule has 2 aromatic carbocycles. The van der Waals surface area contributed by atoms with E-state index in [1.54, 1.807) is 19.2 Å². The number of ketones is 1. The Kier molecular flexibility index (Phi) is 6.27. The van der Waals surface area contributed by atoms with Crippen LogP contribution in [-0.4, -0.2) is 34.9 Å². The average molecular weight is 370 g/mol. The van der Waals surface area contributed by atoms with Crippen molar-refractivity contribution < 1.29 is 24.4 Å². The number of allylic oxidation sites excluding steroid dienone is 1. The third kappa shape index (κ3) is 5.15. The summed E-state index contributed by atoms with van der Waals surface area (Å²) in [5.74, 6) is -1.05. The van der Waals surface area contributed by atoms with Gasteiger partial charge in [-0.1, -0.05) is 12.1 Å². The number of carbonyl (C=O) groups is 2. The number of anilines is 1. The van der Waals surface area contributed by atoms with Gasteiger partial charge in [-0.2, -0.15) is 0 Å². The number of benzene rings is 2. The number of nitrogens with zero attached hydrogens (tertiary/aromatic N) is 1. The highest BCUT2D eigenvalue weighted by atomic mass is 16.6. The second kappa shape index (κ2) is 8.61. The Morgan fingerprint density at radius 3 is 2.44 bits per heavy atom. The molecule has 0 aromatic heterocycles. The Bertz CT molecular complexity index is 890. The number of carboxylic acids is 1. The Morgan fingerprint density at radius 2 is 1.89 bits per heavy atom. The van der Waals surface area contributed by atoms with Crippen LogP contribution in [0.2, 0.25) is 0 Å².